The van der Waals surface area contributed by atoms with E-state index in [0.29, 0.717) is 0 Å². The summed E-state index contributed by atoms with van der Waals surface area (Å²) in [6, 6.07) is 16.7. The van der Waals surface area contributed by atoms with Crippen LogP contribution in [-0.2, 0) is 6.42 Å². The van der Waals surface area contributed by atoms with Gasteiger partial charge in [0.15, 0.2) is 0 Å². The highest BCUT2D eigenvalue weighted by Crippen LogP contribution is 2.23. The fourth-order valence-corrected chi connectivity index (χ4v) is 2.05. The molecular weight excluding hydrogens is 216 g/mol. The summed E-state index contributed by atoms with van der Waals surface area (Å²) in [5.74, 6) is 0. The highest BCUT2D eigenvalue weighted by molar-refractivity contribution is 6.30. The van der Waals surface area contributed by atoms with Crippen molar-refractivity contribution in [3.8, 4) is 11.1 Å². The first-order chi connectivity index (χ1) is 7.79. The zero-order valence-electron chi connectivity index (χ0n) is 9.41. The minimum atomic E-state index is 0.790. The fourth-order valence-electron chi connectivity index (χ4n) is 1.86. The first kappa shape index (κ1) is 11.2. The molecule has 0 radical (unpaired) electrons. The lowest BCUT2D eigenvalue weighted by Gasteiger charge is -2.05. The molecule has 0 aliphatic carbocycles. The summed E-state index contributed by atoms with van der Waals surface area (Å²) >= 11 is 6.00. The van der Waals surface area contributed by atoms with Crippen LogP contribution < -0.4 is 0 Å². The predicted molar refractivity (Wildman–Crippen MR) is 70.9 cm³/mol. The third kappa shape index (κ3) is 2.65. The molecule has 0 aromatic heterocycles. The Labute approximate surface area is 102 Å². The van der Waals surface area contributed by atoms with Gasteiger partial charge in [-0.05, 0) is 35.2 Å². The third-order valence-corrected chi connectivity index (χ3v) is 2.86. The van der Waals surface area contributed by atoms with Gasteiger partial charge < -0.3 is 0 Å². The number of halogens is 1. The van der Waals surface area contributed by atoms with Crippen LogP contribution in [0.2, 0.25) is 5.02 Å². The zero-order valence-corrected chi connectivity index (χ0v) is 10.2. The van der Waals surface area contributed by atoms with Crippen LogP contribution >= 0.6 is 11.6 Å². The first-order valence-corrected chi connectivity index (χ1v) is 6.02. The standard InChI is InChI=1S/C15H15Cl/c1-2-5-12-6-3-7-13(10-12)14-8-4-9-15(16)11-14/h3-4,6-11H,2,5H2,1H3. The topological polar surface area (TPSA) is 0 Å². The van der Waals surface area contributed by atoms with Crippen LogP contribution in [0.25, 0.3) is 11.1 Å². The van der Waals surface area contributed by atoms with E-state index in [9.17, 15) is 0 Å². The molecular formula is C15H15Cl. The van der Waals surface area contributed by atoms with Crippen molar-refractivity contribution in [1.29, 1.82) is 0 Å². The van der Waals surface area contributed by atoms with Gasteiger partial charge in [-0.2, -0.15) is 0 Å². The van der Waals surface area contributed by atoms with Gasteiger partial charge in [-0.1, -0.05) is 61.3 Å². The number of benzene rings is 2. The molecule has 2 aromatic carbocycles. The van der Waals surface area contributed by atoms with Crippen molar-refractivity contribution in [2.24, 2.45) is 0 Å². The Hall–Kier alpha value is -1.27. The van der Waals surface area contributed by atoms with Crippen LogP contribution in [0.3, 0.4) is 0 Å². The number of aryl methyl sites for hydroxylation is 1. The summed E-state index contributed by atoms with van der Waals surface area (Å²) < 4.78 is 0. The quantitative estimate of drug-likeness (QED) is 0.699. The molecule has 0 fully saturated rings. The van der Waals surface area contributed by atoms with E-state index in [4.69, 9.17) is 11.6 Å². The highest BCUT2D eigenvalue weighted by atomic mass is 35.5. The van der Waals surface area contributed by atoms with Gasteiger partial charge in [-0.3, -0.25) is 0 Å². The number of rotatable bonds is 3. The van der Waals surface area contributed by atoms with Gasteiger partial charge in [0, 0.05) is 5.02 Å². The highest BCUT2D eigenvalue weighted by Gasteiger charge is 1.99. The molecule has 0 nitrogen and oxygen atoms in total. The minimum absolute atomic E-state index is 0.790. The summed E-state index contributed by atoms with van der Waals surface area (Å²) in [4.78, 5) is 0. The molecule has 0 aliphatic rings. The van der Waals surface area contributed by atoms with Crippen molar-refractivity contribution in [2.45, 2.75) is 19.8 Å². The van der Waals surface area contributed by atoms with E-state index in [1.165, 1.54) is 23.1 Å². The van der Waals surface area contributed by atoms with Crippen LogP contribution in [0, 0.1) is 0 Å². The molecule has 0 bridgehead atoms. The number of hydrogen-bond acceptors (Lipinski definition) is 0. The summed E-state index contributed by atoms with van der Waals surface area (Å²) in [6.45, 7) is 2.20. The Morgan fingerprint density at radius 3 is 2.31 bits per heavy atom. The van der Waals surface area contributed by atoms with Crippen molar-refractivity contribution in [1.82, 2.24) is 0 Å². The summed E-state index contributed by atoms with van der Waals surface area (Å²) in [5, 5.41) is 0.790. The van der Waals surface area contributed by atoms with Gasteiger partial charge in [0.05, 0.1) is 0 Å². The van der Waals surface area contributed by atoms with E-state index in [1.807, 2.05) is 18.2 Å². The molecule has 0 saturated heterocycles. The van der Waals surface area contributed by atoms with Gasteiger partial charge in [0.25, 0.3) is 0 Å². The van der Waals surface area contributed by atoms with Crippen LogP contribution in [0.1, 0.15) is 18.9 Å². The lowest BCUT2D eigenvalue weighted by Crippen LogP contribution is -1.84. The van der Waals surface area contributed by atoms with Crippen molar-refractivity contribution < 1.29 is 0 Å². The Kier molecular flexibility index (Phi) is 3.63. The smallest absolute Gasteiger partial charge is 0.0412 e. The van der Waals surface area contributed by atoms with Crippen molar-refractivity contribution in [3.05, 3.63) is 59.1 Å². The maximum absolute atomic E-state index is 6.00. The summed E-state index contributed by atoms with van der Waals surface area (Å²) in [5.41, 5.74) is 3.82. The van der Waals surface area contributed by atoms with Crippen LogP contribution in [0.15, 0.2) is 48.5 Å². The molecule has 0 heterocycles. The van der Waals surface area contributed by atoms with E-state index in [0.717, 1.165) is 11.4 Å². The Morgan fingerprint density at radius 1 is 0.938 bits per heavy atom. The van der Waals surface area contributed by atoms with E-state index in [1.54, 1.807) is 0 Å². The molecule has 0 atom stereocenters. The maximum Gasteiger partial charge on any atom is 0.0412 e. The van der Waals surface area contributed by atoms with Crippen molar-refractivity contribution >= 4 is 11.6 Å². The van der Waals surface area contributed by atoms with Crippen LogP contribution in [0.5, 0.6) is 0 Å². The molecule has 2 rings (SSSR count). The van der Waals surface area contributed by atoms with Gasteiger partial charge in [-0.25, -0.2) is 0 Å². The van der Waals surface area contributed by atoms with Gasteiger partial charge in [0.1, 0.15) is 0 Å². The monoisotopic (exact) mass is 230 g/mol. The summed E-state index contributed by atoms with van der Waals surface area (Å²) in [6.07, 6.45) is 2.31. The molecule has 0 N–H and O–H groups in total. The number of hydrogen-bond donors (Lipinski definition) is 0. The maximum atomic E-state index is 6.00. The Morgan fingerprint density at radius 2 is 1.62 bits per heavy atom. The molecule has 0 unspecified atom stereocenters. The van der Waals surface area contributed by atoms with Crippen LogP contribution in [0.4, 0.5) is 0 Å². The van der Waals surface area contributed by atoms with E-state index in [-0.39, 0.29) is 0 Å². The Balaban J connectivity index is 2.36. The lowest BCUT2D eigenvalue weighted by atomic mass is 10.0. The largest absolute Gasteiger partial charge is 0.0843 e. The van der Waals surface area contributed by atoms with Gasteiger partial charge in [-0.15, -0.1) is 0 Å². The molecule has 1 heteroatoms. The predicted octanol–water partition coefficient (Wildman–Crippen LogP) is 4.96. The van der Waals surface area contributed by atoms with E-state index in [2.05, 4.69) is 37.3 Å². The zero-order chi connectivity index (χ0) is 11.4. The SMILES string of the molecule is CCCc1cccc(-c2cccc(Cl)c2)c1. The second-order valence-corrected chi connectivity index (χ2v) is 4.40. The van der Waals surface area contributed by atoms with Crippen LogP contribution in [-0.4, -0.2) is 0 Å². The molecule has 82 valence electrons. The Bertz CT molecular complexity index is 474. The van der Waals surface area contributed by atoms with Gasteiger partial charge in [0.2, 0.25) is 0 Å². The molecule has 0 aliphatic heterocycles. The second-order valence-electron chi connectivity index (χ2n) is 3.96. The molecule has 2 aromatic rings. The average molecular weight is 231 g/mol. The van der Waals surface area contributed by atoms with Crippen molar-refractivity contribution in [2.75, 3.05) is 0 Å². The molecule has 0 amide bonds. The van der Waals surface area contributed by atoms with E-state index >= 15 is 0 Å². The minimum Gasteiger partial charge on any atom is -0.0843 e. The first-order valence-electron chi connectivity index (χ1n) is 5.64. The second kappa shape index (κ2) is 5.18. The van der Waals surface area contributed by atoms with Gasteiger partial charge >= 0.3 is 0 Å². The summed E-state index contributed by atoms with van der Waals surface area (Å²) in [7, 11) is 0. The molecule has 0 saturated carbocycles. The molecule has 0 spiro atoms. The average Bonchev–Trinajstić information content (AvgIpc) is 2.30. The normalized spacial score (nSPS) is 10.4. The lowest BCUT2D eigenvalue weighted by molar-refractivity contribution is 0.922. The van der Waals surface area contributed by atoms with E-state index < -0.39 is 0 Å². The third-order valence-electron chi connectivity index (χ3n) is 2.62. The molecule has 16 heavy (non-hydrogen) atoms. The fraction of sp³-hybridized carbons (Fsp3) is 0.200. The van der Waals surface area contributed by atoms with Crippen molar-refractivity contribution in [3.63, 3.8) is 0 Å².